The van der Waals surface area contributed by atoms with Gasteiger partial charge in [-0.25, -0.2) is 4.98 Å². The van der Waals surface area contributed by atoms with Gasteiger partial charge in [-0.1, -0.05) is 24.3 Å². The minimum atomic E-state index is -0.149. The summed E-state index contributed by atoms with van der Waals surface area (Å²) in [6.45, 7) is 7.12. The Hall–Kier alpha value is -3.28. The van der Waals surface area contributed by atoms with Gasteiger partial charge in [0.25, 0.3) is 0 Å². The van der Waals surface area contributed by atoms with Crippen LogP contribution in [-0.2, 0) is 17.8 Å². The monoisotopic (exact) mass is 407 g/mol. The van der Waals surface area contributed by atoms with Crippen LogP contribution < -0.4 is 14.8 Å². The van der Waals surface area contributed by atoms with Crippen molar-refractivity contribution in [1.29, 1.82) is 0 Å². The number of nitrogens with zero attached hydrogens (tertiary/aromatic N) is 2. The fourth-order valence-corrected chi connectivity index (χ4v) is 3.52. The Morgan fingerprint density at radius 3 is 2.80 bits per heavy atom. The average molecular weight is 408 g/mol. The highest BCUT2D eigenvalue weighted by Crippen LogP contribution is 2.28. The van der Waals surface area contributed by atoms with E-state index in [-0.39, 0.29) is 6.04 Å². The fourth-order valence-electron chi connectivity index (χ4n) is 3.52. The lowest BCUT2D eigenvalue weighted by Gasteiger charge is -2.15. The van der Waals surface area contributed by atoms with Gasteiger partial charge in [0.2, 0.25) is 6.41 Å². The summed E-state index contributed by atoms with van der Waals surface area (Å²) < 4.78 is 13.6. The van der Waals surface area contributed by atoms with Gasteiger partial charge in [-0.2, -0.15) is 0 Å². The Labute approximate surface area is 177 Å². The van der Waals surface area contributed by atoms with Gasteiger partial charge in [-0.05, 0) is 56.0 Å². The van der Waals surface area contributed by atoms with Crippen molar-refractivity contribution >= 4 is 17.4 Å². The summed E-state index contributed by atoms with van der Waals surface area (Å²) in [5, 5.41) is 2.80. The summed E-state index contributed by atoms with van der Waals surface area (Å²) >= 11 is 0. The first-order chi connectivity index (χ1) is 14.7. The fraction of sp³-hybridized carbons (Fsp3) is 0.333. The first kappa shape index (κ1) is 21.4. The molecule has 0 aliphatic heterocycles. The van der Waals surface area contributed by atoms with E-state index in [0.717, 1.165) is 66.1 Å². The number of amides is 1. The van der Waals surface area contributed by atoms with Crippen molar-refractivity contribution in [2.75, 3.05) is 13.7 Å². The molecular weight excluding hydrogens is 378 g/mol. The van der Waals surface area contributed by atoms with Gasteiger partial charge >= 0.3 is 0 Å². The average Bonchev–Trinajstić information content (AvgIpc) is 3.13. The molecule has 6 nitrogen and oxygen atoms in total. The van der Waals surface area contributed by atoms with Crippen LogP contribution >= 0.6 is 0 Å². The number of para-hydroxylation sites is 2. The third-order valence-corrected chi connectivity index (χ3v) is 5.03. The Kier molecular flexibility index (Phi) is 7.49. The zero-order chi connectivity index (χ0) is 21.3. The molecule has 3 aromatic rings. The van der Waals surface area contributed by atoms with Crippen LogP contribution in [0.2, 0.25) is 0 Å². The molecule has 158 valence electrons. The van der Waals surface area contributed by atoms with Crippen LogP contribution in [0.25, 0.3) is 11.0 Å². The van der Waals surface area contributed by atoms with Gasteiger partial charge < -0.3 is 19.4 Å². The molecule has 1 aromatic heterocycles. The largest absolute Gasteiger partial charge is 0.493 e. The summed E-state index contributed by atoms with van der Waals surface area (Å²) in [6, 6.07) is 13.9. The van der Waals surface area contributed by atoms with Crippen LogP contribution in [0, 0.1) is 0 Å². The first-order valence-electron chi connectivity index (χ1n) is 10.2. The maximum atomic E-state index is 10.9. The Bertz CT molecular complexity index is 997. The quantitative estimate of drug-likeness (QED) is 0.274. The second-order valence-electron chi connectivity index (χ2n) is 7.15. The number of carbonyl (C=O) groups excluding carboxylic acids is 1. The predicted octanol–water partition coefficient (Wildman–Crippen LogP) is 4.44. The number of aryl methyl sites for hydroxylation is 1. The summed E-state index contributed by atoms with van der Waals surface area (Å²) in [6.07, 6.45) is 5.21. The van der Waals surface area contributed by atoms with Gasteiger partial charge in [0.15, 0.2) is 11.5 Å². The normalized spacial score (nSPS) is 11.8. The minimum absolute atomic E-state index is 0.149. The molecule has 0 aliphatic carbocycles. The molecule has 1 N–H and O–H groups in total. The zero-order valence-corrected chi connectivity index (χ0v) is 17.6. The maximum Gasteiger partial charge on any atom is 0.207 e. The highest BCUT2D eigenvalue weighted by atomic mass is 16.5. The van der Waals surface area contributed by atoms with Crippen molar-refractivity contribution in [1.82, 2.24) is 14.9 Å². The molecule has 1 atom stereocenters. The molecule has 0 spiro atoms. The van der Waals surface area contributed by atoms with Gasteiger partial charge in [-0.3, -0.25) is 4.79 Å². The molecule has 0 saturated carbocycles. The zero-order valence-electron chi connectivity index (χ0n) is 17.6. The van der Waals surface area contributed by atoms with Crippen LogP contribution in [0.15, 0.2) is 55.1 Å². The van der Waals surface area contributed by atoms with E-state index in [0.29, 0.717) is 6.61 Å². The van der Waals surface area contributed by atoms with Crippen LogP contribution in [0.5, 0.6) is 11.5 Å². The number of imidazole rings is 1. The molecule has 3 rings (SSSR count). The maximum absolute atomic E-state index is 10.9. The van der Waals surface area contributed by atoms with Gasteiger partial charge in [0.05, 0.1) is 30.8 Å². The number of methoxy groups -OCH3 is 1. The van der Waals surface area contributed by atoms with Crippen LogP contribution in [0.3, 0.4) is 0 Å². The topological polar surface area (TPSA) is 65.4 Å². The van der Waals surface area contributed by atoms with Crippen molar-refractivity contribution in [3.05, 3.63) is 66.5 Å². The lowest BCUT2D eigenvalue weighted by Crippen LogP contribution is -2.20. The van der Waals surface area contributed by atoms with E-state index >= 15 is 0 Å². The number of fused-ring (bicyclic) bond motifs is 1. The highest BCUT2D eigenvalue weighted by molar-refractivity contribution is 5.76. The lowest BCUT2D eigenvalue weighted by molar-refractivity contribution is -0.110. The molecule has 0 saturated heterocycles. The second kappa shape index (κ2) is 10.5. The third-order valence-electron chi connectivity index (χ3n) is 5.03. The number of carbonyl (C=O) groups is 1. The highest BCUT2D eigenvalue weighted by Gasteiger charge is 2.15. The van der Waals surface area contributed by atoms with Crippen molar-refractivity contribution in [2.45, 2.75) is 38.8 Å². The molecule has 1 unspecified atom stereocenters. The van der Waals surface area contributed by atoms with E-state index in [1.165, 1.54) is 0 Å². The molecule has 1 heterocycles. The van der Waals surface area contributed by atoms with Crippen LogP contribution in [0.4, 0.5) is 0 Å². The SMILES string of the molecule is C=CCc1ccc(OCCCCn2c(C(C)NC=O)nc3ccccc32)c(OC)c1. The number of aromatic nitrogens is 2. The number of hydrogen-bond acceptors (Lipinski definition) is 4. The van der Waals surface area contributed by atoms with E-state index in [1.54, 1.807) is 7.11 Å². The molecule has 6 heteroatoms. The molecule has 0 radical (unpaired) electrons. The minimum Gasteiger partial charge on any atom is -0.493 e. The number of benzene rings is 2. The van der Waals surface area contributed by atoms with Gasteiger partial charge in [0.1, 0.15) is 5.82 Å². The van der Waals surface area contributed by atoms with E-state index in [9.17, 15) is 4.79 Å². The second-order valence-corrected chi connectivity index (χ2v) is 7.15. The van der Waals surface area contributed by atoms with Gasteiger partial charge in [-0.15, -0.1) is 6.58 Å². The summed E-state index contributed by atoms with van der Waals surface area (Å²) in [4.78, 5) is 15.6. The lowest BCUT2D eigenvalue weighted by atomic mass is 10.1. The number of rotatable bonds is 12. The first-order valence-corrected chi connectivity index (χ1v) is 10.2. The molecular formula is C24H29N3O3. The summed E-state index contributed by atoms with van der Waals surface area (Å²) in [7, 11) is 1.65. The number of ether oxygens (including phenoxy) is 2. The van der Waals surface area contributed by atoms with Crippen molar-refractivity contribution in [2.24, 2.45) is 0 Å². The summed E-state index contributed by atoms with van der Waals surface area (Å²) in [5.41, 5.74) is 3.16. The summed E-state index contributed by atoms with van der Waals surface area (Å²) in [5.74, 6) is 2.36. The van der Waals surface area contributed by atoms with Gasteiger partial charge in [0, 0.05) is 6.54 Å². The van der Waals surface area contributed by atoms with E-state index in [4.69, 9.17) is 14.5 Å². The molecule has 0 aliphatic rings. The molecule has 1 amide bonds. The Morgan fingerprint density at radius 1 is 1.20 bits per heavy atom. The number of nitrogens with one attached hydrogen (secondary N) is 1. The Balaban J connectivity index is 1.61. The van der Waals surface area contributed by atoms with Crippen molar-refractivity contribution < 1.29 is 14.3 Å². The van der Waals surface area contributed by atoms with E-state index in [2.05, 4.69) is 22.5 Å². The number of unbranched alkanes of at least 4 members (excludes halogenated alkanes) is 1. The van der Waals surface area contributed by atoms with E-state index < -0.39 is 0 Å². The number of allylic oxidation sites excluding steroid dienone is 1. The molecule has 2 aromatic carbocycles. The molecule has 0 bridgehead atoms. The van der Waals surface area contributed by atoms with E-state index in [1.807, 2.05) is 49.4 Å². The molecule has 30 heavy (non-hydrogen) atoms. The predicted molar refractivity (Wildman–Crippen MR) is 119 cm³/mol. The molecule has 0 fully saturated rings. The van der Waals surface area contributed by atoms with Crippen LogP contribution in [0.1, 0.15) is 37.2 Å². The number of hydrogen-bond donors (Lipinski definition) is 1. The van der Waals surface area contributed by atoms with Crippen molar-refractivity contribution in [3.63, 3.8) is 0 Å². The third kappa shape index (κ3) is 5.00. The Morgan fingerprint density at radius 2 is 2.03 bits per heavy atom. The van der Waals surface area contributed by atoms with Crippen molar-refractivity contribution in [3.8, 4) is 11.5 Å². The standard InChI is InChI=1S/C24H29N3O3/c1-4-9-19-12-13-22(23(16-19)29-3)30-15-8-7-14-27-21-11-6-5-10-20(21)26-24(27)18(2)25-17-28/h4-6,10-13,16-18H,1,7-9,14-15H2,2-3H3,(H,25,28). The smallest absolute Gasteiger partial charge is 0.207 e. The van der Waals surface area contributed by atoms with Crippen LogP contribution in [-0.4, -0.2) is 29.7 Å².